The molecule has 0 saturated carbocycles. The van der Waals surface area contributed by atoms with Crippen molar-refractivity contribution in [3.05, 3.63) is 53.6 Å². The van der Waals surface area contributed by atoms with Crippen molar-refractivity contribution in [1.29, 1.82) is 0 Å². The van der Waals surface area contributed by atoms with E-state index >= 15 is 0 Å². The van der Waals surface area contributed by atoms with Gasteiger partial charge in [-0.15, -0.1) is 0 Å². The van der Waals surface area contributed by atoms with Gasteiger partial charge >= 0.3 is 24.5 Å². The summed E-state index contributed by atoms with van der Waals surface area (Å²) < 4.78 is 64.0. The fourth-order valence-electron chi connectivity index (χ4n) is 2.85. The number of carbonyl (C=O) groups excluding carboxylic acids is 1. The van der Waals surface area contributed by atoms with E-state index in [1.165, 1.54) is 30.6 Å². The van der Waals surface area contributed by atoms with Gasteiger partial charge in [-0.05, 0) is 18.2 Å². The second-order valence-electron chi connectivity index (χ2n) is 6.27. The number of ether oxygens (including phenoxy) is 2. The Morgan fingerprint density at radius 2 is 1.90 bits per heavy atom. The summed E-state index contributed by atoms with van der Waals surface area (Å²) in [4.78, 5) is 21.2. The zero-order chi connectivity index (χ0) is 22.2. The van der Waals surface area contributed by atoms with Crippen LogP contribution in [-0.4, -0.2) is 38.6 Å². The third-order valence-electron chi connectivity index (χ3n) is 4.20. The van der Waals surface area contributed by atoms with Gasteiger partial charge in [-0.25, -0.2) is 9.97 Å². The van der Waals surface area contributed by atoms with Gasteiger partial charge in [-0.3, -0.25) is 14.4 Å². The molecule has 4 rings (SSSR count). The predicted molar refractivity (Wildman–Crippen MR) is 98.7 cm³/mol. The lowest BCUT2D eigenvalue weighted by Crippen LogP contribution is -2.45. The van der Waals surface area contributed by atoms with E-state index in [4.69, 9.17) is 21.1 Å². The Balaban J connectivity index is 1.62. The van der Waals surface area contributed by atoms with Crippen molar-refractivity contribution < 1.29 is 31.8 Å². The van der Waals surface area contributed by atoms with Crippen molar-refractivity contribution >= 4 is 23.2 Å². The number of benzene rings is 1. The normalized spacial score (nSPS) is 16.1. The molecule has 0 N–H and O–H groups in total. The summed E-state index contributed by atoms with van der Waals surface area (Å²) in [5.41, 5.74) is -0.989. The molecule has 162 valence electrons. The summed E-state index contributed by atoms with van der Waals surface area (Å²) >= 11 is 5.74. The summed E-state index contributed by atoms with van der Waals surface area (Å²) in [6.07, 6.45) is -3.17. The van der Waals surface area contributed by atoms with E-state index in [2.05, 4.69) is 15.1 Å². The van der Waals surface area contributed by atoms with Crippen LogP contribution in [0.2, 0.25) is 5.02 Å². The summed E-state index contributed by atoms with van der Waals surface area (Å²) in [6, 6.07) is 5.13. The molecule has 1 atom stereocenters. The lowest BCUT2D eigenvalue weighted by molar-refractivity contribution is -0.141. The molecule has 0 bridgehead atoms. The number of fused-ring (bicyclic) bond motifs is 1. The fraction of sp³-hybridized carbons (Fsp3) is 0.222. The molecule has 0 aliphatic carbocycles. The lowest BCUT2D eigenvalue weighted by Gasteiger charge is -2.32. The minimum absolute atomic E-state index is 0.00927. The van der Waals surface area contributed by atoms with Crippen LogP contribution in [0.15, 0.2) is 42.9 Å². The highest BCUT2D eigenvalue weighted by atomic mass is 35.5. The second kappa shape index (κ2) is 8.02. The van der Waals surface area contributed by atoms with Crippen molar-refractivity contribution in [3.8, 4) is 17.5 Å². The van der Waals surface area contributed by atoms with E-state index < -0.39 is 24.1 Å². The zero-order valence-corrected chi connectivity index (χ0v) is 16.1. The van der Waals surface area contributed by atoms with Gasteiger partial charge in [0.1, 0.15) is 5.69 Å². The Morgan fingerprint density at radius 3 is 2.58 bits per heavy atom. The molecule has 0 spiro atoms. The molecule has 0 radical (unpaired) electrons. The van der Waals surface area contributed by atoms with Crippen molar-refractivity contribution in [2.75, 3.05) is 11.4 Å². The van der Waals surface area contributed by atoms with Gasteiger partial charge in [0, 0.05) is 12.7 Å². The maximum atomic E-state index is 14.1. The Bertz CT molecular complexity index is 1110. The van der Waals surface area contributed by atoms with Crippen LogP contribution in [0.4, 0.5) is 23.2 Å². The van der Waals surface area contributed by atoms with Crippen molar-refractivity contribution in [2.24, 2.45) is 0 Å². The molecule has 8 nitrogen and oxygen atoms in total. The number of para-hydroxylation sites is 1. The minimum atomic E-state index is -4.60. The quantitative estimate of drug-likeness (QED) is 0.541. The fourth-order valence-corrected chi connectivity index (χ4v) is 2.95. The average molecular weight is 458 g/mol. The van der Waals surface area contributed by atoms with Crippen LogP contribution in [0.25, 0.3) is 0 Å². The van der Waals surface area contributed by atoms with E-state index in [0.717, 1.165) is 21.8 Å². The van der Waals surface area contributed by atoms with Crippen LogP contribution in [0.3, 0.4) is 0 Å². The van der Waals surface area contributed by atoms with Crippen LogP contribution in [-0.2, 0) is 17.5 Å². The zero-order valence-electron chi connectivity index (χ0n) is 15.4. The number of anilines is 1. The van der Waals surface area contributed by atoms with E-state index in [9.17, 15) is 22.4 Å². The lowest BCUT2D eigenvalue weighted by atomic mass is 10.2. The molecule has 2 aromatic heterocycles. The topological polar surface area (TPSA) is 82.4 Å². The molecule has 1 aliphatic rings. The van der Waals surface area contributed by atoms with E-state index in [0.29, 0.717) is 0 Å². The summed E-state index contributed by atoms with van der Waals surface area (Å²) in [6.45, 7) is -0.337. The molecule has 0 saturated heterocycles. The van der Waals surface area contributed by atoms with Gasteiger partial charge in [0.15, 0.2) is 17.2 Å². The van der Waals surface area contributed by atoms with Crippen LogP contribution in [0.1, 0.15) is 5.69 Å². The van der Waals surface area contributed by atoms with Crippen molar-refractivity contribution in [1.82, 2.24) is 19.7 Å². The highest BCUT2D eigenvalue weighted by Crippen LogP contribution is 2.43. The molecule has 1 aromatic carbocycles. The SMILES string of the molecule is O=C1C(F)Oc2cccc(Oc3ncc(Cl)cn3)c2N1CCn1ccc(C(F)(F)F)n1. The second-order valence-corrected chi connectivity index (χ2v) is 6.71. The highest BCUT2D eigenvalue weighted by molar-refractivity contribution is 6.30. The third-order valence-corrected chi connectivity index (χ3v) is 4.40. The van der Waals surface area contributed by atoms with Crippen LogP contribution in [0.5, 0.6) is 17.5 Å². The molecular weight excluding hydrogens is 446 g/mol. The summed E-state index contributed by atoms with van der Waals surface area (Å²) in [5, 5.41) is 3.71. The predicted octanol–water partition coefficient (Wildman–Crippen LogP) is 3.86. The summed E-state index contributed by atoms with van der Waals surface area (Å²) in [5.74, 6) is -0.949. The Labute approximate surface area is 177 Å². The number of hydrogen-bond acceptors (Lipinski definition) is 6. The maximum absolute atomic E-state index is 14.1. The first-order valence-corrected chi connectivity index (χ1v) is 9.11. The molecule has 13 heteroatoms. The molecule has 1 unspecified atom stereocenters. The van der Waals surface area contributed by atoms with E-state index in [1.54, 1.807) is 0 Å². The standard InChI is InChI=1S/C18H12ClF4N5O3/c19-10-8-24-17(25-9-10)31-12-3-1-2-11-14(12)28(16(29)15(20)30-11)7-6-27-5-4-13(26-27)18(21,22)23/h1-5,8-9,15H,6-7H2. The summed E-state index contributed by atoms with van der Waals surface area (Å²) in [7, 11) is 0. The molecule has 3 aromatic rings. The minimum Gasteiger partial charge on any atom is -0.449 e. The highest BCUT2D eigenvalue weighted by Gasteiger charge is 2.37. The van der Waals surface area contributed by atoms with Crippen LogP contribution in [0, 0.1) is 0 Å². The number of nitrogens with zero attached hydrogens (tertiary/aromatic N) is 5. The number of halogens is 5. The average Bonchev–Trinajstić information content (AvgIpc) is 3.20. The van der Waals surface area contributed by atoms with Gasteiger partial charge in [-0.2, -0.15) is 22.7 Å². The smallest absolute Gasteiger partial charge is 0.435 e. The molecule has 31 heavy (non-hydrogen) atoms. The van der Waals surface area contributed by atoms with E-state index in [-0.39, 0.29) is 41.3 Å². The number of alkyl halides is 4. The number of aromatic nitrogens is 4. The van der Waals surface area contributed by atoms with Crippen molar-refractivity contribution in [3.63, 3.8) is 0 Å². The molecule has 3 heterocycles. The Morgan fingerprint density at radius 1 is 1.16 bits per heavy atom. The molecule has 1 aliphatic heterocycles. The Hall–Kier alpha value is -3.41. The van der Waals surface area contributed by atoms with Gasteiger partial charge in [0.2, 0.25) is 0 Å². The molecule has 1 amide bonds. The molecule has 0 fully saturated rings. The first-order chi connectivity index (χ1) is 14.7. The van der Waals surface area contributed by atoms with Gasteiger partial charge < -0.3 is 9.47 Å². The van der Waals surface area contributed by atoms with Crippen molar-refractivity contribution in [2.45, 2.75) is 19.1 Å². The maximum Gasteiger partial charge on any atom is 0.435 e. The first kappa shape index (κ1) is 20.8. The first-order valence-electron chi connectivity index (χ1n) is 8.73. The van der Waals surface area contributed by atoms with Gasteiger partial charge in [0.05, 0.1) is 24.0 Å². The van der Waals surface area contributed by atoms with Crippen LogP contribution < -0.4 is 14.4 Å². The number of carbonyl (C=O) groups is 1. The largest absolute Gasteiger partial charge is 0.449 e. The third kappa shape index (κ3) is 4.38. The number of rotatable bonds is 5. The Kier molecular flexibility index (Phi) is 5.39. The van der Waals surface area contributed by atoms with Gasteiger partial charge in [-0.1, -0.05) is 17.7 Å². The van der Waals surface area contributed by atoms with E-state index in [1.807, 2.05) is 0 Å². The van der Waals surface area contributed by atoms with Crippen LogP contribution >= 0.6 is 11.6 Å². The number of amides is 1. The number of hydrogen-bond donors (Lipinski definition) is 0. The molecular formula is C18H12ClF4N5O3. The van der Waals surface area contributed by atoms with Gasteiger partial charge in [0.25, 0.3) is 0 Å². The monoisotopic (exact) mass is 457 g/mol.